The Morgan fingerprint density at radius 2 is 1.30 bits per heavy atom. The lowest BCUT2D eigenvalue weighted by Gasteiger charge is -2.07. The zero-order chi connectivity index (χ0) is 19.2. The molecule has 142 valence electrons. The minimum absolute atomic E-state index is 0.556. The van der Waals surface area contributed by atoms with Gasteiger partial charge in [0.25, 0.3) is 0 Å². The molecule has 4 nitrogen and oxygen atoms in total. The highest BCUT2D eigenvalue weighted by Gasteiger charge is 2.01. The van der Waals surface area contributed by atoms with Gasteiger partial charge in [0.2, 0.25) is 0 Å². The molecule has 0 aliphatic rings. The summed E-state index contributed by atoms with van der Waals surface area (Å²) in [6.45, 7) is 0.634. The van der Waals surface area contributed by atoms with Crippen LogP contribution in [-0.2, 0) is 0 Å². The van der Waals surface area contributed by atoms with Crippen LogP contribution in [0.4, 0.5) is 0 Å². The van der Waals surface area contributed by atoms with E-state index in [4.69, 9.17) is 9.47 Å². The molecule has 4 heteroatoms. The standard InChI is InChI=1S/C23H26O4/c24-18-20-12-6-8-14-22(20)26-16-10-4-2-1-3-5-11-17-27-23-15-9-7-13-21(23)19-25/h6-10,12-16,18-19H,1-5,11,17H2/b16-10+. The van der Waals surface area contributed by atoms with E-state index >= 15 is 0 Å². The van der Waals surface area contributed by atoms with E-state index in [1.165, 1.54) is 0 Å². The van der Waals surface area contributed by atoms with Crippen molar-refractivity contribution in [2.24, 2.45) is 0 Å². The summed E-state index contributed by atoms with van der Waals surface area (Å²) in [7, 11) is 0. The van der Waals surface area contributed by atoms with Gasteiger partial charge in [-0.1, -0.05) is 43.5 Å². The fraction of sp³-hybridized carbons (Fsp3) is 0.304. The van der Waals surface area contributed by atoms with Crippen molar-refractivity contribution in [3.8, 4) is 11.5 Å². The van der Waals surface area contributed by atoms with Crippen LogP contribution in [0.3, 0.4) is 0 Å². The Labute approximate surface area is 160 Å². The van der Waals surface area contributed by atoms with Crippen molar-refractivity contribution in [3.05, 3.63) is 72.0 Å². The van der Waals surface area contributed by atoms with Crippen molar-refractivity contribution in [3.63, 3.8) is 0 Å². The van der Waals surface area contributed by atoms with E-state index in [0.717, 1.165) is 51.1 Å². The van der Waals surface area contributed by atoms with Gasteiger partial charge in [-0.05, 0) is 49.6 Å². The monoisotopic (exact) mass is 366 g/mol. The largest absolute Gasteiger partial charge is 0.493 e. The number of unbranched alkanes of at least 4 members (excludes halogenated alkanes) is 5. The number of benzene rings is 2. The van der Waals surface area contributed by atoms with Crippen molar-refractivity contribution in [1.82, 2.24) is 0 Å². The maximum atomic E-state index is 10.9. The Morgan fingerprint density at radius 3 is 2.04 bits per heavy atom. The van der Waals surface area contributed by atoms with E-state index < -0.39 is 0 Å². The van der Waals surface area contributed by atoms with Crippen LogP contribution in [0, 0.1) is 0 Å². The summed E-state index contributed by atoms with van der Waals surface area (Å²) in [6, 6.07) is 14.5. The van der Waals surface area contributed by atoms with Crippen LogP contribution in [0.2, 0.25) is 0 Å². The Bertz CT molecular complexity index is 737. The van der Waals surface area contributed by atoms with Gasteiger partial charge >= 0.3 is 0 Å². The van der Waals surface area contributed by atoms with E-state index in [9.17, 15) is 9.59 Å². The number of rotatable bonds is 13. The second-order valence-corrected chi connectivity index (χ2v) is 6.21. The lowest BCUT2D eigenvalue weighted by molar-refractivity contribution is 0.111. The average molecular weight is 366 g/mol. The molecule has 0 saturated carbocycles. The molecule has 0 N–H and O–H groups in total. The molecule has 0 heterocycles. The van der Waals surface area contributed by atoms with Crippen molar-refractivity contribution < 1.29 is 19.1 Å². The predicted octanol–water partition coefficient (Wildman–Crippen LogP) is 5.62. The van der Waals surface area contributed by atoms with Crippen molar-refractivity contribution in [1.29, 1.82) is 0 Å². The summed E-state index contributed by atoms with van der Waals surface area (Å²) in [6.07, 6.45) is 11.7. The molecular formula is C23H26O4. The summed E-state index contributed by atoms with van der Waals surface area (Å²) in [5, 5.41) is 0. The highest BCUT2D eigenvalue weighted by Crippen LogP contribution is 2.17. The zero-order valence-electron chi connectivity index (χ0n) is 15.5. The molecule has 0 radical (unpaired) electrons. The highest BCUT2D eigenvalue weighted by atomic mass is 16.5. The van der Waals surface area contributed by atoms with Gasteiger partial charge in [0, 0.05) is 0 Å². The predicted molar refractivity (Wildman–Crippen MR) is 107 cm³/mol. The van der Waals surface area contributed by atoms with Crippen LogP contribution in [0.25, 0.3) is 0 Å². The quantitative estimate of drug-likeness (QED) is 0.262. The van der Waals surface area contributed by atoms with Gasteiger partial charge in [-0.2, -0.15) is 0 Å². The van der Waals surface area contributed by atoms with Crippen molar-refractivity contribution >= 4 is 12.6 Å². The maximum absolute atomic E-state index is 10.9. The Hall–Kier alpha value is -2.88. The average Bonchev–Trinajstić information content (AvgIpc) is 2.72. The van der Waals surface area contributed by atoms with Gasteiger partial charge in [0.1, 0.15) is 11.5 Å². The number of ether oxygens (including phenoxy) is 2. The minimum Gasteiger partial charge on any atom is -0.493 e. The Balaban J connectivity index is 1.50. The van der Waals surface area contributed by atoms with Gasteiger partial charge in [-0.15, -0.1) is 0 Å². The molecule has 0 aliphatic heterocycles. The number of hydrogen-bond donors (Lipinski definition) is 0. The van der Waals surface area contributed by atoms with Crippen LogP contribution in [0.5, 0.6) is 11.5 Å². The molecule has 0 aromatic heterocycles. The van der Waals surface area contributed by atoms with Gasteiger partial charge < -0.3 is 9.47 Å². The van der Waals surface area contributed by atoms with E-state index in [2.05, 4.69) is 0 Å². The molecule has 0 aliphatic carbocycles. The van der Waals surface area contributed by atoms with Crippen LogP contribution >= 0.6 is 0 Å². The number of aldehydes is 2. The number of carbonyl (C=O) groups is 2. The topological polar surface area (TPSA) is 52.6 Å². The summed E-state index contributed by atoms with van der Waals surface area (Å²) < 4.78 is 11.2. The van der Waals surface area contributed by atoms with Crippen LogP contribution in [0.1, 0.15) is 59.2 Å². The van der Waals surface area contributed by atoms with Crippen LogP contribution < -0.4 is 9.47 Å². The molecule has 0 bridgehead atoms. The molecule has 2 aromatic rings. The van der Waals surface area contributed by atoms with E-state index in [0.29, 0.717) is 29.2 Å². The van der Waals surface area contributed by atoms with Gasteiger partial charge in [-0.25, -0.2) is 0 Å². The molecule has 27 heavy (non-hydrogen) atoms. The summed E-state index contributed by atoms with van der Waals surface area (Å²) in [5.74, 6) is 1.24. The van der Waals surface area contributed by atoms with Crippen LogP contribution in [0.15, 0.2) is 60.9 Å². The summed E-state index contributed by atoms with van der Waals surface area (Å²) >= 11 is 0. The second-order valence-electron chi connectivity index (χ2n) is 6.21. The molecule has 0 atom stereocenters. The molecule has 0 amide bonds. The third kappa shape index (κ3) is 7.48. The third-order valence-corrected chi connectivity index (χ3v) is 4.16. The van der Waals surface area contributed by atoms with E-state index in [-0.39, 0.29) is 0 Å². The molecule has 0 saturated heterocycles. The van der Waals surface area contributed by atoms with Gasteiger partial charge in [-0.3, -0.25) is 9.59 Å². The molecule has 0 unspecified atom stereocenters. The molecule has 0 fully saturated rings. The van der Waals surface area contributed by atoms with Crippen LogP contribution in [-0.4, -0.2) is 19.2 Å². The molecular weight excluding hydrogens is 340 g/mol. The lowest BCUT2D eigenvalue weighted by atomic mass is 10.1. The second kappa shape index (κ2) is 12.5. The lowest BCUT2D eigenvalue weighted by Crippen LogP contribution is -1.99. The third-order valence-electron chi connectivity index (χ3n) is 4.16. The highest BCUT2D eigenvalue weighted by molar-refractivity contribution is 5.79. The van der Waals surface area contributed by atoms with Gasteiger partial charge in [0.15, 0.2) is 12.6 Å². The fourth-order valence-electron chi connectivity index (χ4n) is 2.66. The molecule has 2 aromatic carbocycles. The fourth-order valence-corrected chi connectivity index (χ4v) is 2.66. The Morgan fingerprint density at radius 1 is 0.704 bits per heavy atom. The van der Waals surface area contributed by atoms with E-state index in [1.807, 2.05) is 36.4 Å². The maximum Gasteiger partial charge on any atom is 0.153 e. The summed E-state index contributed by atoms with van der Waals surface area (Å²) in [5.41, 5.74) is 1.16. The zero-order valence-corrected chi connectivity index (χ0v) is 15.5. The summed E-state index contributed by atoms with van der Waals surface area (Å²) in [4.78, 5) is 21.8. The first kappa shape index (κ1) is 20.4. The smallest absolute Gasteiger partial charge is 0.153 e. The molecule has 2 rings (SSSR count). The van der Waals surface area contributed by atoms with E-state index in [1.54, 1.807) is 24.5 Å². The van der Waals surface area contributed by atoms with Crippen molar-refractivity contribution in [2.45, 2.75) is 38.5 Å². The first-order chi connectivity index (χ1) is 13.3. The number of hydrogen-bond acceptors (Lipinski definition) is 4. The number of carbonyl (C=O) groups excluding carboxylic acids is 2. The first-order valence-corrected chi connectivity index (χ1v) is 9.38. The minimum atomic E-state index is 0.556. The Kier molecular flexibility index (Phi) is 9.44. The molecule has 0 spiro atoms. The van der Waals surface area contributed by atoms with Gasteiger partial charge in [0.05, 0.1) is 24.0 Å². The number of allylic oxidation sites excluding steroid dienone is 1. The van der Waals surface area contributed by atoms with Crippen molar-refractivity contribution in [2.75, 3.05) is 6.61 Å². The first-order valence-electron chi connectivity index (χ1n) is 9.38. The SMILES string of the molecule is O=Cc1ccccc1O/C=C/CCCCCCCOc1ccccc1C=O. The normalized spacial score (nSPS) is 10.7. The number of para-hydroxylation sites is 2.